The van der Waals surface area contributed by atoms with Gasteiger partial charge in [-0.15, -0.1) is 0 Å². The maximum atomic E-state index is 12.3. The van der Waals surface area contributed by atoms with E-state index >= 15 is 0 Å². The van der Waals surface area contributed by atoms with Crippen LogP contribution in [0.2, 0.25) is 0 Å². The molecule has 112 valence electrons. The first-order valence-corrected chi connectivity index (χ1v) is 7.65. The number of hydrogen-bond donors (Lipinski definition) is 0. The second-order valence-electron chi connectivity index (χ2n) is 4.39. The smallest absolute Gasteiger partial charge is 0.293 e. The van der Waals surface area contributed by atoms with E-state index in [9.17, 15) is 18.5 Å². The van der Waals surface area contributed by atoms with E-state index < -0.39 is 14.9 Å². The van der Waals surface area contributed by atoms with Gasteiger partial charge in [0, 0.05) is 33.3 Å². The molecule has 8 heteroatoms. The highest BCUT2D eigenvalue weighted by Crippen LogP contribution is 2.30. The number of anilines is 1. The Morgan fingerprint density at radius 3 is 2.15 bits per heavy atom. The van der Waals surface area contributed by atoms with Crippen LogP contribution in [-0.2, 0) is 10.0 Å². The van der Waals surface area contributed by atoms with Crippen LogP contribution in [0.4, 0.5) is 11.4 Å². The lowest BCUT2D eigenvalue weighted by Crippen LogP contribution is -2.30. The molecule has 20 heavy (non-hydrogen) atoms. The molecule has 1 rings (SSSR count). The van der Waals surface area contributed by atoms with E-state index in [2.05, 4.69) is 0 Å². The summed E-state index contributed by atoms with van der Waals surface area (Å²) in [6.07, 6.45) is 0. The zero-order valence-corrected chi connectivity index (χ0v) is 12.8. The van der Waals surface area contributed by atoms with E-state index in [1.54, 1.807) is 32.8 Å². The lowest BCUT2D eigenvalue weighted by Gasteiger charge is -2.19. The SMILES string of the molecule is CCN(CC)S(=O)(=O)c1ccc(N(C)C)c([N+](=O)[O-])c1. The summed E-state index contributed by atoms with van der Waals surface area (Å²) in [4.78, 5) is 12.0. The molecule has 0 unspecified atom stereocenters. The first-order chi connectivity index (χ1) is 9.25. The summed E-state index contributed by atoms with van der Waals surface area (Å²) in [5.74, 6) is 0. The first kappa shape index (κ1) is 16.4. The van der Waals surface area contributed by atoms with Crippen LogP contribution in [0, 0.1) is 10.1 Å². The number of nitro groups is 1. The van der Waals surface area contributed by atoms with Crippen LogP contribution < -0.4 is 4.90 Å². The van der Waals surface area contributed by atoms with Gasteiger partial charge in [0.2, 0.25) is 10.0 Å². The topological polar surface area (TPSA) is 83.8 Å². The van der Waals surface area contributed by atoms with Gasteiger partial charge in [0.1, 0.15) is 5.69 Å². The van der Waals surface area contributed by atoms with Gasteiger partial charge >= 0.3 is 0 Å². The fourth-order valence-electron chi connectivity index (χ4n) is 1.90. The predicted octanol–water partition coefficient (Wildman–Crippen LogP) is 1.69. The average Bonchev–Trinajstić information content (AvgIpc) is 2.38. The van der Waals surface area contributed by atoms with Crippen LogP contribution in [0.3, 0.4) is 0 Å². The summed E-state index contributed by atoms with van der Waals surface area (Å²) in [5.41, 5.74) is 0.150. The summed E-state index contributed by atoms with van der Waals surface area (Å²) in [7, 11) is -0.354. The van der Waals surface area contributed by atoms with Crippen molar-refractivity contribution < 1.29 is 13.3 Å². The van der Waals surface area contributed by atoms with E-state index in [0.717, 1.165) is 6.07 Å². The molecule has 0 bridgehead atoms. The lowest BCUT2D eigenvalue weighted by atomic mass is 10.2. The maximum Gasteiger partial charge on any atom is 0.293 e. The molecule has 0 heterocycles. The van der Waals surface area contributed by atoms with Crippen molar-refractivity contribution in [1.29, 1.82) is 0 Å². The van der Waals surface area contributed by atoms with Crippen molar-refractivity contribution in [3.8, 4) is 0 Å². The third-order valence-corrected chi connectivity index (χ3v) is 5.01. The van der Waals surface area contributed by atoms with E-state index in [0.29, 0.717) is 18.8 Å². The molecule has 7 nitrogen and oxygen atoms in total. The summed E-state index contributed by atoms with van der Waals surface area (Å²) in [5, 5.41) is 11.1. The summed E-state index contributed by atoms with van der Waals surface area (Å²) >= 11 is 0. The number of nitro benzene ring substituents is 1. The molecule has 0 fully saturated rings. The number of benzene rings is 1. The molecular formula is C12H19N3O4S. The molecule has 0 saturated carbocycles. The maximum absolute atomic E-state index is 12.3. The average molecular weight is 301 g/mol. The molecule has 1 aromatic carbocycles. The van der Waals surface area contributed by atoms with Gasteiger partial charge in [-0.1, -0.05) is 13.8 Å². The van der Waals surface area contributed by atoms with Gasteiger partial charge in [-0.25, -0.2) is 8.42 Å². The molecule has 0 aliphatic rings. The standard InChI is InChI=1S/C12H19N3O4S/c1-5-14(6-2)20(18,19)10-7-8-11(13(3)4)12(9-10)15(16)17/h7-9H,5-6H2,1-4H3. The minimum absolute atomic E-state index is 0.0569. The second-order valence-corrected chi connectivity index (χ2v) is 6.33. The highest BCUT2D eigenvalue weighted by molar-refractivity contribution is 7.89. The lowest BCUT2D eigenvalue weighted by molar-refractivity contribution is -0.384. The molecule has 0 N–H and O–H groups in total. The van der Waals surface area contributed by atoms with Gasteiger partial charge in [0.15, 0.2) is 0 Å². The zero-order chi connectivity index (χ0) is 15.5. The molecule has 0 atom stereocenters. The Morgan fingerprint density at radius 1 is 1.20 bits per heavy atom. The van der Waals surface area contributed by atoms with Crippen LogP contribution in [0.5, 0.6) is 0 Å². The summed E-state index contributed by atoms with van der Waals surface area (Å²) < 4.78 is 25.9. The monoisotopic (exact) mass is 301 g/mol. The van der Waals surface area contributed by atoms with Crippen molar-refractivity contribution >= 4 is 21.4 Å². The summed E-state index contributed by atoms with van der Waals surface area (Å²) in [6, 6.07) is 3.97. The first-order valence-electron chi connectivity index (χ1n) is 6.21. The Bertz CT molecular complexity index is 595. The zero-order valence-electron chi connectivity index (χ0n) is 12.0. The molecular weight excluding hydrogens is 282 g/mol. The molecule has 1 aromatic rings. The Balaban J connectivity index is 3.42. The highest BCUT2D eigenvalue weighted by Gasteiger charge is 2.26. The van der Waals surface area contributed by atoms with Crippen molar-refractivity contribution in [3.05, 3.63) is 28.3 Å². The van der Waals surface area contributed by atoms with Gasteiger partial charge < -0.3 is 4.90 Å². The highest BCUT2D eigenvalue weighted by atomic mass is 32.2. The van der Waals surface area contributed by atoms with E-state index in [4.69, 9.17) is 0 Å². The number of rotatable bonds is 6. The Morgan fingerprint density at radius 2 is 1.75 bits per heavy atom. The molecule has 0 spiro atoms. The van der Waals surface area contributed by atoms with Crippen LogP contribution in [-0.4, -0.2) is 44.8 Å². The van der Waals surface area contributed by atoms with Gasteiger partial charge in [0.25, 0.3) is 5.69 Å². The second kappa shape index (κ2) is 6.19. The fourth-order valence-corrected chi connectivity index (χ4v) is 3.38. The molecule has 0 aliphatic carbocycles. The van der Waals surface area contributed by atoms with Gasteiger partial charge in [-0.2, -0.15) is 4.31 Å². The number of hydrogen-bond acceptors (Lipinski definition) is 5. The quantitative estimate of drug-likeness (QED) is 0.589. The summed E-state index contributed by atoms with van der Waals surface area (Å²) in [6.45, 7) is 4.09. The number of sulfonamides is 1. The van der Waals surface area contributed by atoms with Gasteiger partial charge in [0.05, 0.1) is 9.82 Å². The Hall–Kier alpha value is -1.67. The Labute approximate surface area is 119 Å². The van der Waals surface area contributed by atoms with Crippen molar-refractivity contribution in [2.75, 3.05) is 32.1 Å². The van der Waals surface area contributed by atoms with Crippen LogP contribution in [0.1, 0.15) is 13.8 Å². The minimum atomic E-state index is -3.69. The molecule has 0 saturated heterocycles. The molecule has 0 aromatic heterocycles. The third-order valence-electron chi connectivity index (χ3n) is 2.97. The van der Waals surface area contributed by atoms with Crippen molar-refractivity contribution in [1.82, 2.24) is 4.31 Å². The molecule has 0 aliphatic heterocycles. The molecule has 0 radical (unpaired) electrons. The van der Waals surface area contributed by atoms with Crippen LogP contribution >= 0.6 is 0 Å². The van der Waals surface area contributed by atoms with Crippen molar-refractivity contribution in [3.63, 3.8) is 0 Å². The van der Waals surface area contributed by atoms with Crippen molar-refractivity contribution in [2.24, 2.45) is 0 Å². The number of nitrogens with zero attached hydrogens (tertiary/aromatic N) is 3. The van der Waals surface area contributed by atoms with Gasteiger partial charge in [-0.05, 0) is 12.1 Å². The van der Waals surface area contributed by atoms with Crippen molar-refractivity contribution in [2.45, 2.75) is 18.7 Å². The van der Waals surface area contributed by atoms with E-state index in [1.165, 1.54) is 16.4 Å². The fraction of sp³-hybridized carbons (Fsp3) is 0.500. The Kier molecular flexibility index (Phi) is 5.07. The van der Waals surface area contributed by atoms with Gasteiger partial charge in [-0.3, -0.25) is 10.1 Å². The van der Waals surface area contributed by atoms with Crippen LogP contribution in [0.25, 0.3) is 0 Å². The predicted molar refractivity (Wildman–Crippen MR) is 77.5 cm³/mol. The molecule has 0 amide bonds. The van der Waals surface area contributed by atoms with Crippen LogP contribution in [0.15, 0.2) is 23.1 Å². The third kappa shape index (κ3) is 3.07. The van der Waals surface area contributed by atoms with E-state index in [-0.39, 0.29) is 10.6 Å². The van der Waals surface area contributed by atoms with E-state index in [1.807, 2.05) is 0 Å². The largest absolute Gasteiger partial charge is 0.372 e. The minimum Gasteiger partial charge on any atom is -0.372 e. The normalized spacial score (nSPS) is 11.7.